The summed E-state index contributed by atoms with van der Waals surface area (Å²) in [5.74, 6) is 10.2. The molecule has 0 aromatic heterocycles. The van der Waals surface area contributed by atoms with Crippen molar-refractivity contribution in [2.75, 3.05) is 0 Å². The van der Waals surface area contributed by atoms with Crippen molar-refractivity contribution in [1.82, 2.24) is 0 Å². The first-order valence-corrected chi connectivity index (χ1v) is 7.06. The van der Waals surface area contributed by atoms with Gasteiger partial charge in [-0.2, -0.15) is 11.8 Å². The number of hydrogen-bond acceptors (Lipinski definition) is 1. The quantitative estimate of drug-likeness (QED) is 0.564. The molecule has 0 nitrogen and oxygen atoms in total. The van der Waals surface area contributed by atoms with Crippen LogP contribution in [0.25, 0.3) is 0 Å². The molecule has 0 spiro atoms. The lowest BCUT2D eigenvalue weighted by molar-refractivity contribution is -0.436. The predicted molar refractivity (Wildman–Crippen MR) is 52.3 cm³/mol. The first-order valence-electron chi connectivity index (χ1n) is 6.12. The Morgan fingerprint density at radius 1 is 0.538 bits per heavy atom. The summed E-state index contributed by atoms with van der Waals surface area (Å²) in [7, 11) is 0. The first-order chi connectivity index (χ1) is 6.47. The highest BCUT2D eigenvalue weighted by Gasteiger charge is 2.89. The van der Waals surface area contributed by atoms with Gasteiger partial charge in [-0.3, -0.25) is 0 Å². The number of hydrogen-bond donors (Lipinski definition) is 0. The summed E-state index contributed by atoms with van der Waals surface area (Å²) in [5.41, 5.74) is 0. The molecule has 7 fully saturated rings. The molecule has 4 bridgehead atoms. The Balaban J connectivity index is 1.64. The minimum atomic E-state index is 1.15. The molecule has 0 aromatic rings. The smallest absolute Gasteiger partial charge is 0.00843 e. The number of thioether (sulfide) groups is 1. The van der Waals surface area contributed by atoms with Crippen molar-refractivity contribution in [3.05, 3.63) is 0 Å². The molecule has 68 valence electrons. The van der Waals surface area contributed by atoms with Gasteiger partial charge in [0.15, 0.2) is 0 Å². The highest BCUT2D eigenvalue weighted by Crippen LogP contribution is 2.92. The average molecular weight is 190 g/mol. The third-order valence-corrected chi connectivity index (χ3v) is 8.63. The lowest BCUT2D eigenvalue weighted by atomic mass is 9.13. The van der Waals surface area contributed by atoms with E-state index in [2.05, 4.69) is 11.8 Å². The van der Waals surface area contributed by atoms with Crippen LogP contribution in [-0.4, -0.2) is 10.5 Å². The van der Waals surface area contributed by atoms with Crippen LogP contribution in [0.3, 0.4) is 0 Å². The molecule has 3 aliphatic heterocycles. The molecule has 0 aromatic carbocycles. The molecule has 7 rings (SSSR count). The van der Waals surface area contributed by atoms with Crippen LogP contribution in [0, 0.1) is 47.3 Å². The van der Waals surface area contributed by atoms with Crippen LogP contribution in [0.2, 0.25) is 0 Å². The van der Waals surface area contributed by atoms with Gasteiger partial charge in [0.05, 0.1) is 0 Å². The second kappa shape index (κ2) is 1.43. The second-order valence-electron chi connectivity index (χ2n) is 6.41. The molecule has 0 N–H and O–H groups in total. The molecule has 6 atom stereocenters. The molecule has 0 amide bonds. The fourth-order valence-corrected chi connectivity index (χ4v) is 8.88. The average Bonchev–Trinajstić information content (AvgIpc) is 2.60. The van der Waals surface area contributed by atoms with Gasteiger partial charge in [0.25, 0.3) is 0 Å². The van der Waals surface area contributed by atoms with E-state index in [0.717, 1.165) is 10.5 Å². The Morgan fingerprint density at radius 3 is 1.38 bits per heavy atom. The van der Waals surface area contributed by atoms with Crippen molar-refractivity contribution >= 4 is 11.8 Å². The van der Waals surface area contributed by atoms with E-state index in [1.807, 2.05) is 0 Å². The second-order valence-corrected chi connectivity index (χ2v) is 7.89. The van der Waals surface area contributed by atoms with Gasteiger partial charge in [-0.15, -0.1) is 0 Å². The number of rotatable bonds is 0. The minimum absolute atomic E-state index is 1.15. The van der Waals surface area contributed by atoms with Gasteiger partial charge < -0.3 is 0 Å². The van der Waals surface area contributed by atoms with E-state index in [-0.39, 0.29) is 0 Å². The van der Waals surface area contributed by atoms with Crippen LogP contribution < -0.4 is 0 Å². The van der Waals surface area contributed by atoms with Crippen LogP contribution in [0.4, 0.5) is 0 Å². The van der Waals surface area contributed by atoms with Crippen LogP contribution in [0.5, 0.6) is 0 Å². The first kappa shape index (κ1) is 6.05. The predicted octanol–water partition coefficient (Wildman–Crippen LogP) is 2.25. The van der Waals surface area contributed by atoms with Gasteiger partial charge in [-0.1, -0.05) is 0 Å². The van der Waals surface area contributed by atoms with Crippen molar-refractivity contribution in [2.45, 2.75) is 23.3 Å². The highest BCUT2D eigenvalue weighted by atomic mass is 32.2. The molecule has 4 aliphatic carbocycles. The van der Waals surface area contributed by atoms with Crippen molar-refractivity contribution in [1.29, 1.82) is 0 Å². The van der Waals surface area contributed by atoms with E-state index in [1.165, 1.54) is 47.3 Å². The summed E-state index contributed by atoms with van der Waals surface area (Å²) >= 11 is 2.43. The molecule has 7 aliphatic rings. The van der Waals surface area contributed by atoms with E-state index in [4.69, 9.17) is 0 Å². The maximum atomic E-state index is 2.43. The van der Waals surface area contributed by atoms with Crippen molar-refractivity contribution in [3.63, 3.8) is 0 Å². The molecule has 13 heavy (non-hydrogen) atoms. The summed E-state index contributed by atoms with van der Waals surface area (Å²) < 4.78 is 0. The Kier molecular flexibility index (Phi) is 0.665. The largest absolute Gasteiger partial charge is 0.155 e. The minimum Gasteiger partial charge on any atom is -0.155 e. The Bertz CT molecular complexity index is 281. The zero-order valence-corrected chi connectivity index (χ0v) is 8.41. The summed E-state index contributed by atoms with van der Waals surface area (Å²) in [6.45, 7) is 0. The van der Waals surface area contributed by atoms with Gasteiger partial charge in [0, 0.05) is 10.5 Å². The van der Waals surface area contributed by atoms with Crippen molar-refractivity contribution < 1.29 is 0 Å². The molecule has 0 radical (unpaired) electrons. The lowest BCUT2D eigenvalue weighted by Gasteiger charge is -2.91. The van der Waals surface area contributed by atoms with Crippen LogP contribution in [0.15, 0.2) is 0 Å². The summed E-state index contributed by atoms with van der Waals surface area (Å²) in [6.07, 6.45) is 3.20. The maximum Gasteiger partial charge on any atom is 0.00843 e. The van der Waals surface area contributed by atoms with E-state index in [9.17, 15) is 0 Å². The van der Waals surface area contributed by atoms with Gasteiger partial charge in [-0.05, 0) is 60.2 Å². The standard InChI is InChI=1S/C12H14S/c1-2-4-6-9-7-5(3(1)13-4)8-10(6)12(9)11(7)8/h3-12H,1-2H2. The Hall–Kier alpha value is 0.350. The zero-order valence-electron chi connectivity index (χ0n) is 7.60. The fourth-order valence-electron chi connectivity index (χ4n) is 6.80. The zero-order chi connectivity index (χ0) is 7.89. The summed E-state index contributed by atoms with van der Waals surface area (Å²) in [4.78, 5) is 0. The maximum absolute atomic E-state index is 2.43. The molecule has 3 saturated heterocycles. The topological polar surface area (TPSA) is 0 Å². The van der Waals surface area contributed by atoms with Gasteiger partial charge in [0.2, 0.25) is 0 Å². The van der Waals surface area contributed by atoms with E-state index >= 15 is 0 Å². The third-order valence-electron chi connectivity index (χ3n) is 6.83. The lowest BCUT2D eigenvalue weighted by Crippen LogP contribution is -2.88. The van der Waals surface area contributed by atoms with Gasteiger partial charge >= 0.3 is 0 Å². The Labute approximate surface area is 82.8 Å². The molecular formula is C12H14S. The Morgan fingerprint density at radius 2 is 0.923 bits per heavy atom. The molecule has 6 unspecified atom stereocenters. The molecule has 3 heterocycles. The van der Waals surface area contributed by atoms with Crippen molar-refractivity contribution in [3.8, 4) is 0 Å². The van der Waals surface area contributed by atoms with Gasteiger partial charge in [0.1, 0.15) is 0 Å². The SMILES string of the molecule is C1CC2SC1C1C3C4C2C2C1C3C42. The fraction of sp³-hybridized carbons (Fsp3) is 1.00. The van der Waals surface area contributed by atoms with Crippen molar-refractivity contribution in [2.24, 2.45) is 47.3 Å². The molecule has 4 saturated carbocycles. The van der Waals surface area contributed by atoms with Gasteiger partial charge in [-0.25, -0.2) is 0 Å². The molecular weight excluding hydrogens is 176 g/mol. The normalized spacial score (nSPS) is 88.6. The third kappa shape index (κ3) is 0.351. The van der Waals surface area contributed by atoms with Crippen LogP contribution >= 0.6 is 11.8 Å². The van der Waals surface area contributed by atoms with Crippen LogP contribution in [-0.2, 0) is 0 Å². The van der Waals surface area contributed by atoms with E-state index in [0.29, 0.717) is 0 Å². The van der Waals surface area contributed by atoms with E-state index < -0.39 is 0 Å². The highest BCUT2D eigenvalue weighted by molar-refractivity contribution is 8.00. The van der Waals surface area contributed by atoms with Crippen LogP contribution in [0.1, 0.15) is 12.8 Å². The summed E-state index contributed by atoms with van der Waals surface area (Å²) in [5, 5.41) is 2.30. The van der Waals surface area contributed by atoms with E-state index in [1.54, 1.807) is 12.8 Å². The summed E-state index contributed by atoms with van der Waals surface area (Å²) in [6, 6.07) is 0. The monoisotopic (exact) mass is 190 g/mol. The molecule has 1 heteroatoms.